The average Bonchev–Trinajstić information content (AvgIpc) is 3.60. The minimum atomic E-state index is 0.160. The molecule has 3 aromatic rings. The first kappa shape index (κ1) is 22.7. The van der Waals surface area contributed by atoms with E-state index in [2.05, 4.69) is 58.7 Å². The molecule has 0 spiro atoms. The van der Waals surface area contributed by atoms with Crippen molar-refractivity contribution in [1.29, 1.82) is 0 Å². The smallest absolute Gasteiger partial charge is 0.253 e. The van der Waals surface area contributed by atoms with Crippen LogP contribution in [0.2, 0.25) is 0 Å². The number of benzene rings is 3. The summed E-state index contributed by atoms with van der Waals surface area (Å²) in [4.78, 5) is 18.0. The number of carbonyl (C=O) groups excluding carboxylic acids is 1. The third-order valence-electron chi connectivity index (χ3n) is 9.49. The summed E-state index contributed by atoms with van der Waals surface area (Å²) in [6.07, 6.45) is 4.01. The van der Waals surface area contributed by atoms with Crippen molar-refractivity contribution in [3.05, 3.63) is 89.5 Å². The van der Waals surface area contributed by atoms with Crippen molar-refractivity contribution in [2.75, 3.05) is 43.5 Å². The monoisotopic (exact) mass is 493 g/mol. The van der Waals surface area contributed by atoms with Gasteiger partial charge in [-0.15, -0.1) is 0 Å². The second-order valence-electron chi connectivity index (χ2n) is 11.2. The number of para-hydroxylation sites is 2. The van der Waals surface area contributed by atoms with Gasteiger partial charge in [-0.05, 0) is 84.4 Å². The number of methoxy groups -OCH3 is 1. The highest BCUT2D eigenvalue weighted by molar-refractivity contribution is 5.95. The van der Waals surface area contributed by atoms with Crippen LogP contribution in [0.1, 0.15) is 52.7 Å². The fourth-order valence-electron chi connectivity index (χ4n) is 7.83. The molecule has 190 valence electrons. The van der Waals surface area contributed by atoms with Gasteiger partial charge in [0.05, 0.1) is 18.8 Å². The predicted molar refractivity (Wildman–Crippen MR) is 147 cm³/mol. The SMILES string of the molecule is COc1ccccc1N1CCN(C(=O)c2ccc3c(c2)[C@@H]2[C@H]4CC[C@@H](C4)[C@H]2[C@H](c2ccccc2)N3)CC1. The van der Waals surface area contributed by atoms with E-state index in [4.69, 9.17) is 4.74 Å². The normalized spacial score (nSPS) is 27.9. The minimum absolute atomic E-state index is 0.160. The van der Waals surface area contributed by atoms with E-state index in [0.29, 0.717) is 17.9 Å². The molecule has 5 atom stereocenters. The van der Waals surface area contributed by atoms with Gasteiger partial charge in [-0.1, -0.05) is 42.5 Å². The van der Waals surface area contributed by atoms with Crippen molar-refractivity contribution in [1.82, 2.24) is 4.90 Å². The standard InChI is InChI=1S/C32H35N3O2/c1-37-28-10-6-5-9-27(28)34-15-17-35(18-16-34)32(36)24-13-14-26-25(20-24)29-22-11-12-23(19-22)30(29)31(33-26)21-7-3-2-4-8-21/h2-10,13-14,20,22-23,29-31,33H,11-12,15-19H2,1H3/t22-,23-,29-,30+,31-/m0/s1. The molecule has 7 rings (SSSR count). The summed E-state index contributed by atoms with van der Waals surface area (Å²) in [5, 5.41) is 3.91. The van der Waals surface area contributed by atoms with Gasteiger partial charge in [-0.2, -0.15) is 0 Å². The van der Waals surface area contributed by atoms with Gasteiger partial charge in [0.2, 0.25) is 0 Å². The van der Waals surface area contributed by atoms with E-state index in [9.17, 15) is 4.79 Å². The topological polar surface area (TPSA) is 44.8 Å². The van der Waals surface area contributed by atoms with Crippen molar-refractivity contribution in [3.63, 3.8) is 0 Å². The van der Waals surface area contributed by atoms with Crippen LogP contribution in [0.3, 0.4) is 0 Å². The first-order valence-electron chi connectivity index (χ1n) is 13.8. The Hall–Kier alpha value is -3.47. The molecule has 37 heavy (non-hydrogen) atoms. The molecule has 5 heteroatoms. The second kappa shape index (κ2) is 9.13. The lowest BCUT2D eigenvalue weighted by Gasteiger charge is -2.44. The number of nitrogens with zero attached hydrogens (tertiary/aromatic N) is 2. The molecule has 3 fully saturated rings. The molecular weight excluding hydrogens is 458 g/mol. The van der Waals surface area contributed by atoms with Crippen molar-refractivity contribution in [3.8, 4) is 5.75 Å². The van der Waals surface area contributed by atoms with Crippen LogP contribution in [0.5, 0.6) is 5.75 Å². The van der Waals surface area contributed by atoms with Crippen molar-refractivity contribution in [2.45, 2.75) is 31.2 Å². The summed E-state index contributed by atoms with van der Waals surface area (Å²) >= 11 is 0. The maximum absolute atomic E-state index is 13.7. The molecular formula is C32H35N3O2. The number of anilines is 2. The summed E-state index contributed by atoms with van der Waals surface area (Å²) in [7, 11) is 1.71. The van der Waals surface area contributed by atoms with E-state index in [0.717, 1.165) is 55.0 Å². The quantitative estimate of drug-likeness (QED) is 0.488. The molecule has 1 amide bonds. The molecule has 2 aliphatic heterocycles. The number of carbonyl (C=O) groups is 1. The highest BCUT2D eigenvalue weighted by Gasteiger charge is 2.53. The fourth-order valence-corrected chi connectivity index (χ4v) is 7.83. The van der Waals surface area contributed by atoms with Gasteiger partial charge in [0.1, 0.15) is 5.75 Å². The zero-order valence-electron chi connectivity index (χ0n) is 21.5. The molecule has 4 aliphatic rings. The first-order chi connectivity index (χ1) is 18.2. The van der Waals surface area contributed by atoms with E-state index in [1.54, 1.807) is 7.11 Å². The summed E-state index contributed by atoms with van der Waals surface area (Å²) in [5.74, 6) is 3.74. The van der Waals surface area contributed by atoms with E-state index in [-0.39, 0.29) is 5.91 Å². The van der Waals surface area contributed by atoms with Crippen LogP contribution in [0.15, 0.2) is 72.8 Å². The third-order valence-corrected chi connectivity index (χ3v) is 9.49. The maximum atomic E-state index is 13.7. The van der Waals surface area contributed by atoms with Crippen LogP contribution in [-0.4, -0.2) is 44.1 Å². The lowest BCUT2D eigenvalue weighted by atomic mass is 9.68. The number of rotatable bonds is 4. The number of amides is 1. The predicted octanol–water partition coefficient (Wildman–Crippen LogP) is 5.95. The van der Waals surface area contributed by atoms with Gasteiger partial charge >= 0.3 is 0 Å². The van der Waals surface area contributed by atoms with Crippen LogP contribution in [0.25, 0.3) is 0 Å². The second-order valence-corrected chi connectivity index (χ2v) is 11.2. The van der Waals surface area contributed by atoms with Crippen molar-refractivity contribution in [2.24, 2.45) is 17.8 Å². The van der Waals surface area contributed by atoms with Crippen LogP contribution in [0.4, 0.5) is 11.4 Å². The number of hydrogen-bond donors (Lipinski definition) is 1. The lowest BCUT2D eigenvalue weighted by molar-refractivity contribution is 0.0746. The summed E-state index contributed by atoms with van der Waals surface area (Å²) < 4.78 is 5.56. The third kappa shape index (κ3) is 3.78. The van der Waals surface area contributed by atoms with Crippen LogP contribution in [-0.2, 0) is 0 Å². The zero-order chi connectivity index (χ0) is 24.9. The van der Waals surface area contributed by atoms with Crippen LogP contribution in [0, 0.1) is 17.8 Å². The first-order valence-corrected chi connectivity index (χ1v) is 13.8. The molecule has 2 aliphatic carbocycles. The number of piperazine rings is 1. The van der Waals surface area contributed by atoms with E-state index < -0.39 is 0 Å². The Labute approximate surface area is 219 Å². The minimum Gasteiger partial charge on any atom is -0.495 e. The Bertz CT molecular complexity index is 1300. The maximum Gasteiger partial charge on any atom is 0.253 e. The molecule has 0 aromatic heterocycles. The molecule has 1 saturated heterocycles. The molecule has 1 N–H and O–H groups in total. The number of hydrogen-bond acceptors (Lipinski definition) is 4. The Kier molecular flexibility index (Phi) is 5.60. The zero-order valence-corrected chi connectivity index (χ0v) is 21.5. The number of fused-ring (bicyclic) bond motifs is 7. The summed E-state index contributed by atoms with van der Waals surface area (Å²) in [6, 6.07) is 25.9. The highest BCUT2D eigenvalue weighted by atomic mass is 16.5. The highest BCUT2D eigenvalue weighted by Crippen LogP contribution is 2.63. The summed E-state index contributed by atoms with van der Waals surface area (Å²) in [6.45, 7) is 3.07. The number of nitrogens with one attached hydrogen (secondary N) is 1. The van der Waals surface area contributed by atoms with Crippen molar-refractivity contribution >= 4 is 17.3 Å². The Balaban J connectivity index is 1.12. The van der Waals surface area contributed by atoms with E-state index in [1.807, 2.05) is 29.2 Å². The Morgan fingerprint density at radius 1 is 0.892 bits per heavy atom. The molecule has 2 heterocycles. The molecule has 2 bridgehead atoms. The van der Waals surface area contributed by atoms with Crippen molar-refractivity contribution < 1.29 is 9.53 Å². The van der Waals surface area contributed by atoms with Gasteiger partial charge in [0.25, 0.3) is 5.91 Å². The Morgan fingerprint density at radius 3 is 2.46 bits per heavy atom. The van der Waals surface area contributed by atoms with Gasteiger partial charge in [-0.3, -0.25) is 4.79 Å². The largest absolute Gasteiger partial charge is 0.495 e. The average molecular weight is 494 g/mol. The number of ether oxygens (including phenoxy) is 1. The van der Waals surface area contributed by atoms with Gasteiger partial charge in [0, 0.05) is 37.4 Å². The van der Waals surface area contributed by atoms with Crippen LogP contribution < -0.4 is 15.0 Å². The molecule has 2 saturated carbocycles. The Morgan fingerprint density at radius 2 is 1.65 bits per heavy atom. The molecule has 0 unspecified atom stereocenters. The van der Waals surface area contributed by atoms with Gasteiger partial charge < -0.3 is 19.9 Å². The van der Waals surface area contributed by atoms with Crippen LogP contribution >= 0.6 is 0 Å². The summed E-state index contributed by atoms with van der Waals surface area (Å²) in [5.41, 5.74) is 5.94. The fraction of sp³-hybridized carbons (Fsp3) is 0.406. The van der Waals surface area contributed by atoms with E-state index in [1.165, 1.54) is 36.1 Å². The lowest BCUT2D eigenvalue weighted by Crippen LogP contribution is -2.49. The van der Waals surface area contributed by atoms with Gasteiger partial charge in [0.15, 0.2) is 0 Å². The van der Waals surface area contributed by atoms with Gasteiger partial charge in [-0.25, -0.2) is 0 Å². The van der Waals surface area contributed by atoms with E-state index >= 15 is 0 Å². The molecule has 5 nitrogen and oxygen atoms in total. The molecule has 0 radical (unpaired) electrons. The molecule has 3 aromatic carbocycles.